The maximum atomic E-state index is 13.0. The number of amides is 3. The molecule has 26 atom stereocenters. The molecule has 0 bridgehead atoms. The van der Waals surface area contributed by atoms with Crippen molar-refractivity contribution in [2.75, 3.05) is 39.6 Å². The van der Waals surface area contributed by atoms with E-state index >= 15 is 0 Å². The Labute approximate surface area is 406 Å². The molecule has 72 heavy (non-hydrogen) atoms. The molecule has 3 amide bonds. The van der Waals surface area contributed by atoms with Crippen LogP contribution in [-0.2, 0) is 61.8 Å². The first-order valence-electron chi connectivity index (χ1n) is 22.4. The van der Waals surface area contributed by atoms with Gasteiger partial charge in [0.05, 0.1) is 45.2 Å². The minimum atomic E-state index is -3.24. The molecule has 33 nitrogen and oxygen atoms in total. The lowest BCUT2D eigenvalue weighted by molar-refractivity contribution is -0.389. The fraction of sp³-hybridized carbons (Fsp3) is 0.897. The number of aliphatic hydroxyl groups excluding tert-OH is 16. The SMILES string of the molecule is CC(=O)N[C@@H]1[C@@H](O[C@@H]2O[C@H](CO)[C@H](O)[C@H](O[C@@H]3O[C@H](CO)[C@@H](O[C@@H]4O[C@H](CO)[C@H](O)[C@H](O[C@]5(C(=O)O)C[C@H](O)[C@@H](NC(=O)CO)[C@H]([C@H](O)[C@H](O)CO)O5)[C@H]4O)[C@H](O)[C@H]3NC(C)=O)[C@H]2O)[C@@H](O)[C@@H](CO)O[C@@H]1O. The number of ether oxygens (including phenoxy) is 9. The fourth-order valence-electron chi connectivity index (χ4n) is 8.94. The highest BCUT2D eigenvalue weighted by Crippen LogP contribution is 2.39. The Balaban J connectivity index is 1.41. The van der Waals surface area contributed by atoms with Crippen molar-refractivity contribution in [1.29, 1.82) is 0 Å². The first-order valence-corrected chi connectivity index (χ1v) is 22.4. The van der Waals surface area contributed by atoms with E-state index in [0.717, 1.165) is 13.8 Å². The number of carbonyl (C=O) groups excluding carboxylic acids is 3. The Kier molecular flexibility index (Phi) is 21.3. The average Bonchev–Trinajstić information content (AvgIpc) is 3.34. The van der Waals surface area contributed by atoms with Crippen LogP contribution in [0.15, 0.2) is 0 Å². The summed E-state index contributed by atoms with van der Waals surface area (Å²) in [4.78, 5) is 49.7. The van der Waals surface area contributed by atoms with Crippen LogP contribution in [0.3, 0.4) is 0 Å². The molecule has 5 fully saturated rings. The minimum absolute atomic E-state index is 0.751. The summed E-state index contributed by atoms with van der Waals surface area (Å²) in [5.74, 6) is -8.17. The topological polar surface area (TPSA) is 531 Å². The average molecular weight is 1060 g/mol. The van der Waals surface area contributed by atoms with E-state index in [0.29, 0.717) is 0 Å². The van der Waals surface area contributed by atoms with Crippen LogP contribution in [0.2, 0.25) is 0 Å². The smallest absolute Gasteiger partial charge is 0.364 e. The van der Waals surface area contributed by atoms with E-state index in [1.54, 1.807) is 0 Å². The van der Waals surface area contributed by atoms with Gasteiger partial charge in [0.1, 0.15) is 122 Å². The summed E-state index contributed by atoms with van der Waals surface area (Å²) >= 11 is 0. The Bertz CT molecular complexity index is 1790. The van der Waals surface area contributed by atoms with E-state index in [-0.39, 0.29) is 0 Å². The normalized spacial score (nSPS) is 44.6. The van der Waals surface area contributed by atoms with Gasteiger partial charge >= 0.3 is 5.97 Å². The minimum Gasteiger partial charge on any atom is -0.477 e. The van der Waals surface area contributed by atoms with Crippen molar-refractivity contribution in [2.24, 2.45) is 0 Å². The molecule has 5 heterocycles. The van der Waals surface area contributed by atoms with E-state index in [1.165, 1.54) is 0 Å². The molecule has 20 N–H and O–H groups in total. The van der Waals surface area contributed by atoms with Crippen molar-refractivity contribution in [3.63, 3.8) is 0 Å². The number of hydrogen-bond donors (Lipinski definition) is 20. The Hall–Kier alpha value is -3.12. The Morgan fingerprint density at radius 1 is 0.569 bits per heavy atom. The van der Waals surface area contributed by atoms with Crippen molar-refractivity contribution in [1.82, 2.24) is 16.0 Å². The molecule has 0 unspecified atom stereocenters. The second kappa shape index (κ2) is 25.6. The van der Waals surface area contributed by atoms with Gasteiger partial charge in [-0.25, -0.2) is 4.79 Å². The third kappa shape index (κ3) is 12.9. The van der Waals surface area contributed by atoms with E-state index in [2.05, 4.69) is 16.0 Å². The van der Waals surface area contributed by atoms with Crippen molar-refractivity contribution in [3.05, 3.63) is 0 Å². The first kappa shape index (κ1) is 59.8. The summed E-state index contributed by atoms with van der Waals surface area (Å²) in [6.07, 6.45) is -45.8. The number of hydrogen-bond acceptors (Lipinski definition) is 29. The predicted octanol–water partition coefficient (Wildman–Crippen LogP) is -13.3. The van der Waals surface area contributed by atoms with Gasteiger partial charge in [-0.05, 0) is 0 Å². The van der Waals surface area contributed by atoms with Crippen molar-refractivity contribution in [3.8, 4) is 0 Å². The van der Waals surface area contributed by atoms with E-state index < -0.39 is 229 Å². The van der Waals surface area contributed by atoms with Crippen molar-refractivity contribution in [2.45, 2.75) is 179 Å². The quantitative estimate of drug-likeness (QED) is 0.0538. The first-order chi connectivity index (χ1) is 33.9. The molecule has 416 valence electrons. The number of aliphatic carboxylic acids is 1. The van der Waals surface area contributed by atoms with Gasteiger partial charge in [-0.1, -0.05) is 0 Å². The van der Waals surface area contributed by atoms with Crippen LogP contribution in [0.4, 0.5) is 0 Å². The van der Waals surface area contributed by atoms with Crippen molar-refractivity contribution >= 4 is 23.7 Å². The zero-order valence-electron chi connectivity index (χ0n) is 38.3. The molecule has 5 rings (SSSR count). The van der Waals surface area contributed by atoms with Gasteiger partial charge in [-0.3, -0.25) is 14.4 Å². The summed E-state index contributed by atoms with van der Waals surface area (Å²) in [6, 6.07) is -5.23. The lowest BCUT2D eigenvalue weighted by atomic mass is 9.88. The van der Waals surface area contributed by atoms with Crippen molar-refractivity contribution < 1.29 is 149 Å². The van der Waals surface area contributed by atoms with Gasteiger partial charge < -0.3 is 145 Å². The maximum absolute atomic E-state index is 13.0. The van der Waals surface area contributed by atoms with Crippen LogP contribution < -0.4 is 16.0 Å². The molecule has 33 heteroatoms. The van der Waals surface area contributed by atoms with Crippen LogP contribution in [0.1, 0.15) is 20.3 Å². The zero-order chi connectivity index (χ0) is 53.7. The number of rotatable bonds is 20. The molecule has 5 aliphatic heterocycles. The number of carboxylic acid groups (broad SMARTS) is 1. The second-order valence-electron chi connectivity index (χ2n) is 17.6. The zero-order valence-corrected chi connectivity index (χ0v) is 38.3. The highest BCUT2D eigenvalue weighted by atomic mass is 16.8. The molecular formula is C39H65N3O30. The summed E-state index contributed by atoms with van der Waals surface area (Å²) < 4.78 is 50.9. The van der Waals surface area contributed by atoms with Crippen LogP contribution in [-0.4, -0.2) is 309 Å². The number of aliphatic hydroxyl groups is 16. The van der Waals surface area contributed by atoms with Gasteiger partial charge in [0.15, 0.2) is 25.2 Å². The third-order valence-corrected chi connectivity index (χ3v) is 12.6. The van der Waals surface area contributed by atoms with Crippen LogP contribution in [0.25, 0.3) is 0 Å². The third-order valence-electron chi connectivity index (χ3n) is 12.6. The molecule has 0 aliphatic carbocycles. The summed E-state index contributed by atoms with van der Waals surface area (Å²) in [6.45, 7) is -4.47. The molecule has 0 aromatic heterocycles. The molecule has 0 spiro atoms. The van der Waals surface area contributed by atoms with Crippen LogP contribution in [0, 0.1) is 0 Å². The molecule has 0 saturated carbocycles. The number of nitrogens with one attached hydrogen (secondary N) is 3. The summed E-state index contributed by atoms with van der Waals surface area (Å²) in [7, 11) is 0. The van der Waals surface area contributed by atoms with Crippen LogP contribution >= 0.6 is 0 Å². The molecule has 0 aromatic rings. The molecule has 5 aliphatic rings. The van der Waals surface area contributed by atoms with Gasteiger partial charge in [0.25, 0.3) is 5.79 Å². The highest BCUT2D eigenvalue weighted by Gasteiger charge is 2.61. The summed E-state index contributed by atoms with van der Waals surface area (Å²) in [5, 5.41) is 188. The highest BCUT2D eigenvalue weighted by molar-refractivity contribution is 5.78. The van der Waals surface area contributed by atoms with Gasteiger partial charge in [-0.15, -0.1) is 0 Å². The Morgan fingerprint density at radius 2 is 1.04 bits per heavy atom. The maximum Gasteiger partial charge on any atom is 0.364 e. The van der Waals surface area contributed by atoms with E-state index in [9.17, 15) is 106 Å². The number of carboxylic acids is 1. The monoisotopic (exact) mass is 1060 g/mol. The molecular weight excluding hydrogens is 990 g/mol. The fourth-order valence-corrected chi connectivity index (χ4v) is 8.94. The standard InChI is InChI=1S/C39H65N3O30/c1-10(49)40-20-26(58)29(17(8-47)67-35(20)70-32-24(56)15(6-45)65-36(27(32)59)69-30-21(41-11(2)50)34(61)64-14(5-44)23(30)55)68-37-28(60)33(25(57)16(7-46)66-37)72-39(38(62)63)3-12(51)19(42-18(53)9-48)31(71-39)22(54)13(52)4-43/h12-17,19-37,43-48,51-52,54-61H,3-9H2,1-2H3,(H,40,49)(H,41,50)(H,42,53)(H,62,63)/t12-,13+,14+,15+,16+,17+,19+,20+,21+,22+,23-,24-,25-,26+,27+,28+,29+,30+,31+,32-,33-,34-,35-,36-,37-,39-/m0/s1. The van der Waals surface area contributed by atoms with Gasteiger partial charge in [0, 0.05) is 20.3 Å². The lowest BCUT2D eigenvalue weighted by Gasteiger charge is -2.51. The largest absolute Gasteiger partial charge is 0.477 e. The van der Waals surface area contributed by atoms with E-state index in [1.807, 2.05) is 0 Å². The molecule has 0 radical (unpaired) electrons. The van der Waals surface area contributed by atoms with Gasteiger partial charge in [0.2, 0.25) is 17.7 Å². The molecule has 0 aromatic carbocycles. The number of carbonyl (C=O) groups is 4. The Morgan fingerprint density at radius 3 is 1.56 bits per heavy atom. The van der Waals surface area contributed by atoms with Crippen LogP contribution in [0.5, 0.6) is 0 Å². The predicted molar refractivity (Wildman–Crippen MR) is 220 cm³/mol. The second-order valence-corrected chi connectivity index (χ2v) is 17.6. The lowest BCUT2D eigenvalue weighted by Crippen LogP contribution is -2.71. The van der Waals surface area contributed by atoms with Gasteiger partial charge in [-0.2, -0.15) is 0 Å². The van der Waals surface area contributed by atoms with E-state index in [4.69, 9.17) is 42.6 Å². The molecule has 5 saturated heterocycles. The summed E-state index contributed by atoms with van der Waals surface area (Å²) in [5.41, 5.74) is 0.